The van der Waals surface area contributed by atoms with Gasteiger partial charge in [-0.15, -0.1) is 0 Å². The van der Waals surface area contributed by atoms with Gasteiger partial charge in [-0.25, -0.2) is 0 Å². The zero-order chi connectivity index (χ0) is 13.6. The van der Waals surface area contributed by atoms with Crippen molar-refractivity contribution in [2.24, 2.45) is 5.41 Å². The maximum atomic E-state index is 5.43. The van der Waals surface area contributed by atoms with Gasteiger partial charge in [0.15, 0.2) is 11.6 Å². The van der Waals surface area contributed by atoms with Crippen LogP contribution in [0.1, 0.15) is 48.6 Å². The Labute approximate surface area is 116 Å². The van der Waals surface area contributed by atoms with Crippen molar-refractivity contribution in [2.75, 3.05) is 13.1 Å². The van der Waals surface area contributed by atoms with Gasteiger partial charge >= 0.3 is 0 Å². The van der Waals surface area contributed by atoms with Crippen LogP contribution in [0.5, 0.6) is 0 Å². The number of hydrogen-bond donors (Lipinski definition) is 1. The molecule has 0 radical (unpaired) electrons. The SMILES string of the molecule is Cc1nc(Cc2noc(C3CC34CCNCC4)n2)no1. The van der Waals surface area contributed by atoms with Gasteiger partial charge in [0, 0.05) is 12.8 Å². The van der Waals surface area contributed by atoms with Gasteiger partial charge in [-0.1, -0.05) is 10.3 Å². The fourth-order valence-corrected chi connectivity index (χ4v) is 3.21. The van der Waals surface area contributed by atoms with Crippen molar-refractivity contribution in [1.82, 2.24) is 25.6 Å². The van der Waals surface area contributed by atoms with E-state index in [1.54, 1.807) is 6.92 Å². The van der Waals surface area contributed by atoms with Gasteiger partial charge in [0.05, 0.1) is 6.42 Å². The average Bonchev–Trinajstić information content (AvgIpc) is 2.80. The van der Waals surface area contributed by atoms with Gasteiger partial charge < -0.3 is 14.4 Å². The Bertz CT molecular complexity index is 614. The second-order valence-corrected chi connectivity index (χ2v) is 5.82. The van der Waals surface area contributed by atoms with Crippen LogP contribution in [0.4, 0.5) is 0 Å². The zero-order valence-corrected chi connectivity index (χ0v) is 11.4. The van der Waals surface area contributed by atoms with Crippen LogP contribution in [-0.2, 0) is 6.42 Å². The summed E-state index contributed by atoms with van der Waals surface area (Å²) in [5, 5.41) is 11.3. The van der Waals surface area contributed by atoms with Crippen molar-refractivity contribution in [3.63, 3.8) is 0 Å². The monoisotopic (exact) mass is 275 g/mol. The minimum absolute atomic E-state index is 0.414. The Morgan fingerprint density at radius 3 is 2.65 bits per heavy atom. The third kappa shape index (κ3) is 2.02. The number of hydrogen-bond acceptors (Lipinski definition) is 7. The van der Waals surface area contributed by atoms with Crippen LogP contribution < -0.4 is 5.32 Å². The van der Waals surface area contributed by atoms with Crippen LogP contribution in [0, 0.1) is 12.3 Å². The molecule has 2 fully saturated rings. The molecule has 0 amide bonds. The average molecular weight is 275 g/mol. The summed E-state index contributed by atoms with van der Waals surface area (Å²) in [5.41, 5.74) is 0.414. The van der Waals surface area contributed by atoms with E-state index in [0.29, 0.717) is 35.3 Å². The van der Waals surface area contributed by atoms with Crippen LogP contribution >= 0.6 is 0 Å². The lowest BCUT2D eigenvalue weighted by atomic mass is 9.92. The number of nitrogens with one attached hydrogen (secondary N) is 1. The molecule has 1 saturated heterocycles. The lowest BCUT2D eigenvalue weighted by Gasteiger charge is -2.22. The quantitative estimate of drug-likeness (QED) is 0.900. The second-order valence-electron chi connectivity index (χ2n) is 5.82. The van der Waals surface area contributed by atoms with Crippen LogP contribution in [0.15, 0.2) is 9.05 Å². The minimum Gasteiger partial charge on any atom is -0.340 e. The van der Waals surface area contributed by atoms with Crippen LogP contribution in [0.3, 0.4) is 0 Å². The summed E-state index contributed by atoms with van der Waals surface area (Å²) in [6.45, 7) is 3.96. The first-order valence-electron chi connectivity index (χ1n) is 7.08. The summed E-state index contributed by atoms with van der Waals surface area (Å²) < 4.78 is 10.4. The van der Waals surface area contributed by atoms with Gasteiger partial charge in [0.25, 0.3) is 0 Å². The minimum atomic E-state index is 0.414. The number of piperidine rings is 1. The molecule has 106 valence electrons. The third-order valence-corrected chi connectivity index (χ3v) is 4.46. The maximum absolute atomic E-state index is 5.43. The highest BCUT2D eigenvalue weighted by molar-refractivity contribution is 5.18. The van der Waals surface area contributed by atoms with E-state index in [-0.39, 0.29) is 0 Å². The van der Waals surface area contributed by atoms with Gasteiger partial charge in [0.1, 0.15) is 0 Å². The summed E-state index contributed by atoms with van der Waals surface area (Å²) in [7, 11) is 0. The molecule has 0 bridgehead atoms. The van der Waals surface area contributed by atoms with Crippen molar-refractivity contribution in [3.05, 3.63) is 23.4 Å². The van der Waals surface area contributed by atoms with Crippen molar-refractivity contribution < 1.29 is 9.05 Å². The van der Waals surface area contributed by atoms with E-state index in [1.807, 2.05) is 0 Å². The van der Waals surface area contributed by atoms with E-state index in [0.717, 1.165) is 19.0 Å². The molecule has 1 unspecified atom stereocenters. The van der Waals surface area contributed by atoms with Crippen molar-refractivity contribution in [3.8, 4) is 0 Å². The van der Waals surface area contributed by atoms with E-state index in [1.165, 1.54) is 19.3 Å². The molecule has 4 rings (SSSR count). The molecule has 1 spiro atoms. The highest BCUT2D eigenvalue weighted by atomic mass is 16.5. The fourth-order valence-electron chi connectivity index (χ4n) is 3.21. The fraction of sp³-hybridized carbons (Fsp3) is 0.692. The molecule has 7 nitrogen and oxygen atoms in total. The van der Waals surface area contributed by atoms with Crippen molar-refractivity contribution >= 4 is 0 Å². The Balaban J connectivity index is 1.46. The van der Waals surface area contributed by atoms with Crippen molar-refractivity contribution in [1.29, 1.82) is 0 Å². The molecule has 0 aromatic carbocycles. The molecule has 1 aliphatic heterocycles. The molecule has 1 atom stereocenters. The van der Waals surface area contributed by atoms with Gasteiger partial charge in [0.2, 0.25) is 11.8 Å². The predicted octanol–water partition coefficient (Wildman–Crippen LogP) is 1.21. The molecular formula is C13H17N5O2. The Morgan fingerprint density at radius 2 is 1.90 bits per heavy atom. The molecule has 2 aliphatic rings. The molecule has 3 heterocycles. The molecule has 1 saturated carbocycles. The molecule has 2 aromatic rings. The maximum Gasteiger partial charge on any atom is 0.230 e. The second kappa shape index (κ2) is 4.37. The summed E-state index contributed by atoms with van der Waals surface area (Å²) in [6, 6.07) is 0. The highest BCUT2D eigenvalue weighted by Gasteiger charge is 2.57. The first kappa shape index (κ1) is 12.0. The number of aromatic nitrogens is 4. The Hall–Kier alpha value is -1.76. The number of aryl methyl sites for hydroxylation is 1. The Kier molecular flexibility index (Phi) is 2.63. The predicted molar refractivity (Wildman–Crippen MR) is 68.0 cm³/mol. The summed E-state index contributed by atoms with van der Waals surface area (Å²) in [4.78, 5) is 8.66. The van der Waals surface area contributed by atoms with Crippen LogP contribution in [-0.4, -0.2) is 33.4 Å². The first-order chi connectivity index (χ1) is 9.75. The normalized spacial score (nSPS) is 24.1. The van der Waals surface area contributed by atoms with E-state index in [9.17, 15) is 0 Å². The molecule has 20 heavy (non-hydrogen) atoms. The molecule has 7 heteroatoms. The standard InChI is InChI=1S/C13H17N5O2/c1-8-15-10(17-19-8)6-11-16-12(20-18-11)9-7-13(9)2-4-14-5-3-13/h9,14H,2-7H2,1H3. The van der Waals surface area contributed by atoms with E-state index in [2.05, 4.69) is 25.6 Å². The lowest BCUT2D eigenvalue weighted by Crippen LogP contribution is -2.29. The van der Waals surface area contributed by atoms with Gasteiger partial charge in [-0.2, -0.15) is 9.97 Å². The largest absolute Gasteiger partial charge is 0.340 e. The Morgan fingerprint density at radius 1 is 1.15 bits per heavy atom. The highest BCUT2D eigenvalue weighted by Crippen LogP contribution is 2.63. The lowest BCUT2D eigenvalue weighted by molar-refractivity contribution is 0.310. The summed E-state index contributed by atoms with van der Waals surface area (Å²) >= 11 is 0. The van der Waals surface area contributed by atoms with Crippen LogP contribution in [0.25, 0.3) is 0 Å². The molecule has 2 aromatic heterocycles. The first-order valence-corrected chi connectivity index (χ1v) is 7.08. The van der Waals surface area contributed by atoms with E-state index in [4.69, 9.17) is 9.05 Å². The zero-order valence-electron chi connectivity index (χ0n) is 11.4. The van der Waals surface area contributed by atoms with E-state index >= 15 is 0 Å². The molecule has 1 N–H and O–H groups in total. The number of rotatable bonds is 3. The van der Waals surface area contributed by atoms with E-state index < -0.39 is 0 Å². The molecular weight excluding hydrogens is 258 g/mol. The smallest absolute Gasteiger partial charge is 0.230 e. The topological polar surface area (TPSA) is 89.9 Å². The summed E-state index contributed by atoms with van der Waals surface area (Å²) in [5.74, 6) is 3.01. The molecule has 1 aliphatic carbocycles. The number of nitrogens with zero attached hydrogens (tertiary/aromatic N) is 4. The van der Waals surface area contributed by atoms with Gasteiger partial charge in [-0.3, -0.25) is 0 Å². The summed E-state index contributed by atoms with van der Waals surface area (Å²) in [6.07, 6.45) is 4.05. The van der Waals surface area contributed by atoms with Crippen molar-refractivity contribution in [2.45, 2.75) is 38.5 Å². The van der Waals surface area contributed by atoms with Gasteiger partial charge in [-0.05, 0) is 37.8 Å². The third-order valence-electron chi connectivity index (χ3n) is 4.46. The van der Waals surface area contributed by atoms with Crippen LogP contribution in [0.2, 0.25) is 0 Å².